The minimum absolute atomic E-state index is 0.0585. The van der Waals surface area contributed by atoms with Gasteiger partial charge >= 0.3 is 0 Å². The fraction of sp³-hybridized carbons (Fsp3) is 0.500. The molecule has 12 heavy (non-hydrogen) atoms. The molecule has 0 rings (SSSR count). The summed E-state index contributed by atoms with van der Waals surface area (Å²) in [4.78, 5) is 11.0. The molecular formula is C6H6Cl4O2. The third-order valence-electron chi connectivity index (χ3n) is 0.965. The Morgan fingerprint density at radius 3 is 2.25 bits per heavy atom. The van der Waals surface area contributed by atoms with Crippen molar-refractivity contribution in [2.75, 3.05) is 13.0 Å². The highest BCUT2D eigenvalue weighted by Gasteiger charge is 2.28. The van der Waals surface area contributed by atoms with E-state index in [4.69, 9.17) is 51.1 Å². The Kier molecular flexibility index (Phi) is 5.34. The number of rotatable bonds is 3. The largest absolute Gasteiger partial charge is 0.500 e. The lowest BCUT2D eigenvalue weighted by molar-refractivity contribution is -0.114. The number of methoxy groups -OCH3 is 1. The van der Waals surface area contributed by atoms with E-state index in [-0.39, 0.29) is 11.6 Å². The van der Waals surface area contributed by atoms with Crippen LogP contribution in [0.3, 0.4) is 0 Å². The standard InChI is InChI=1S/C6H6Cl4O2/c1-12-4(3-7)2-5(11)6(8,9)10/h2H,3H2,1H3/b4-2+. The fourth-order valence-electron chi connectivity index (χ4n) is 0.380. The molecule has 0 saturated heterocycles. The summed E-state index contributed by atoms with van der Waals surface area (Å²) in [5.74, 6) is -0.360. The van der Waals surface area contributed by atoms with E-state index >= 15 is 0 Å². The molecule has 0 radical (unpaired) electrons. The maximum Gasteiger partial charge on any atom is 0.252 e. The second kappa shape index (κ2) is 5.18. The van der Waals surface area contributed by atoms with Crippen LogP contribution in [0.2, 0.25) is 0 Å². The normalized spacial score (nSPS) is 12.9. The summed E-state index contributed by atoms with van der Waals surface area (Å²) in [6.45, 7) is 0. The van der Waals surface area contributed by atoms with Gasteiger partial charge in [0.15, 0.2) is 0 Å². The molecule has 6 heteroatoms. The predicted octanol–water partition coefficient (Wildman–Crippen LogP) is 2.69. The molecule has 0 aromatic heterocycles. The molecule has 0 aliphatic rings. The average molecular weight is 252 g/mol. The van der Waals surface area contributed by atoms with Crippen molar-refractivity contribution in [1.29, 1.82) is 0 Å². The number of carbonyl (C=O) groups excluding carboxylic acids is 1. The van der Waals surface area contributed by atoms with Crippen LogP contribution in [-0.4, -0.2) is 22.6 Å². The van der Waals surface area contributed by atoms with Gasteiger partial charge in [-0.2, -0.15) is 0 Å². The molecule has 0 aliphatic heterocycles. The molecule has 0 aromatic rings. The lowest BCUT2D eigenvalue weighted by Gasteiger charge is -2.06. The SMILES string of the molecule is CO/C(=C/C(=O)C(Cl)(Cl)Cl)CCl. The number of ether oxygens (including phenoxy) is 1. The van der Waals surface area contributed by atoms with Crippen LogP contribution in [0.1, 0.15) is 0 Å². The number of ketones is 1. The summed E-state index contributed by atoms with van der Waals surface area (Å²) in [7, 11) is 1.37. The van der Waals surface area contributed by atoms with E-state index in [9.17, 15) is 4.79 Å². The topological polar surface area (TPSA) is 26.3 Å². The zero-order valence-corrected chi connectivity index (χ0v) is 9.14. The van der Waals surface area contributed by atoms with E-state index in [2.05, 4.69) is 0 Å². The maximum atomic E-state index is 11.0. The van der Waals surface area contributed by atoms with Gasteiger partial charge in [-0.1, -0.05) is 34.8 Å². The molecule has 0 spiro atoms. The van der Waals surface area contributed by atoms with Crippen LogP contribution in [0.4, 0.5) is 0 Å². The predicted molar refractivity (Wildman–Crippen MR) is 51.1 cm³/mol. The van der Waals surface area contributed by atoms with Crippen molar-refractivity contribution in [2.24, 2.45) is 0 Å². The van der Waals surface area contributed by atoms with Crippen molar-refractivity contribution < 1.29 is 9.53 Å². The molecule has 0 bridgehead atoms. The maximum absolute atomic E-state index is 11.0. The molecular weight excluding hydrogens is 246 g/mol. The zero-order chi connectivity index (χ0) is 9.78. The van der Waals surface area contributed by atoms with Crippen molar-refractivity contribution in [3.8, 4) is 0 Å². The Bertz CT molecular complexity index is 188. The number of carbonyl (C=O) groups is 1. The van der Waals surface area contributed by atoms with Gasteiger partial charge in [0.1, 0.15) is 5.76 Å². The minimum atomic E-state index is -1.95. The molecule has 0 N–H and O–H groups in total. The van der Waals surface area contributed by atoms with Crippen molar-refractivity contribution in [2.45, 2.75) is 3.79 Å². The Hall–Kier alpha value is 0.370. The van der Waals surface area contributed by atoms with Gasteiger partial charge in [0.25, 0.3) is 3.79 Å². The molecule has 2 nitrogen and oxygen atoms in total. The Balaban J connectivity index is 4.42. The molecule has 0 fully saturated rings. The quantitative estimate of drug-likeness (QED) is 0.438. The molecule has 0 atom stereocenters. The van der Waals surface area contributed by atoms with Crippen molar-refractivity contribution in [1.82, 2.24) is 0 Å². The summed E-state index contributed by atoms with van der Waals surface area (Å²) in [5, 5.41) is 0. The van der Waals surface area contributed by atoms with Crippen molar-refractivity contribution >= 4 is 52.2 Å². The average Bonchev–Trinajstić information content (AvgIpc) is 1.97. The first-order valence-electron chi connectivity index (χ1n) is 2.83. The molecule has 0 unspecified atom stereocenters. The van der Waals surface area contributed by atoms with Gasteiger partial charge in [0.05, 0.1) is 13.0 Å². The number of allylic oxidation sites excluding steroid dienone is 2. The third-order valence-corrected chi connectivity index (χ3v) is 1.79. The molecule has 0 aromatic carbocycles. The highest BCUT2D eigenvalue weighted by molar-refractivity contribution is 6.77. The van der Waals surface area contributed by atoms with Gasteiger partial charge in [-0.25, -0.2) is 0 Å². The summed E-state index contributed by atoms with van der Waals surface area (Å²) < 4.78 is 2.75. The lowest BCUT2D eigenvalue weighted by Crippen LogP contribution is -2.16. The zero-order valence-electron chi connectivity index (χ0n) is 6.11. The number of hydrogen-bond acceptors (Lipinski definition) is 2. The Morgan fingerprint density at radius 1 is 1.50 bits per heavy atom. The van der Waals surface area contributed by atoms with Crippen LogP contribution in [-0.2, 0) is 9.53 Å². The summed E-state index contributed by atoms with van der Waals surface area (Å²) in [6, 6.07) is 0. The van der Waals surface area contributed by atoms with Gasteiger partial charge in [-0.15, -0.1) is 11.6 Å². The number of halogens is 4. The van der Waals surface area contributed by atoms with Gasteiger partial charge in [0, 0.05) is 6.08 Å². The summed E-state index contributed by atoms with van der Waals surface area (Å²) in [6.07, 6.45) is 1.06. The van der Waals surface area contributed by atoms with Crippen LogP contribution >= 0.6 is 46.4 Å². The molecule has 0 heterocycles. The first-order valence-corrected chi connectivity index (χ1v) is 4.50. The first-order chi connectivity index (χ1) is 5.41. The number of hydrogen-bond donors (Lipinski definition) is 0. The van der Waals surface area contributed by atoms with Crippen molar-refractivity contribution in [3.05, 3.63) is 11.8 Å². The van der Waals surface area contributed by atoms with Gasteiger partial charge < -0.3 is 4.74 Å². The minimum Gasteiger partial charge on any atom is -0.500 e. The van der Waals surface area contributed by atoms with E-state index in [1.165, 1.54) is 7.11 Å². The second-order valence-corrected chi connectivity index (χ2v) is 4.36. The van der Waals surface area contributed by atoms with Crippen LogP contribution < -0.4 is 0 Å². The Morgan fingerprint density at radius 2 is 2.00 bits per heavy atom. The summed E-state index contributed by atoms with van der Waals surface area (Å²) in [5.41, 5.74) is 0. The molecule has 70 valence electrons. The van der Waals surface area contributed by atoms with Crippen molar-refractivity contribution in [3.63, 3.8) is 0 Å². The van der Waals surface area contributed by atoms with Crippen LogP contribution in [0.25, 0.3) is 0 Å². The van der Waals surface area contributed by atoms with E-state index in [1.807, 2.05) is 0 Å². The van der Waals surface area contributed by atoms with Crippen LogP contribution in [0.15, 0.2) is 11.8 Å². The molecule has 0 aliphatic carbocycles. The monoisotopic (exact) mass is 250 g/mol. The van der Waals surface area contributed by atoms with E-state index < -0.39 is 9.58 Å². The lowest BCUT2D eigenvalue weighted by atomic mass is 10.3. The third kappa shape index (κ3) is 4.41. The molecule has 0 amide bonds. The molecule has 0 saturated carbocycles. The summed E-state index contributed by atoms with van der Waals surface area (Å²) >= 11 is 21.2. The first kappa shape index (κ1) is 12.4. The van der Waals surface area contributed by atoms with Crippen LogP contribution in [0.5, 0.6) is 0 Å². The van der Waals surface area contributed by atoms with Gasteiger partial charge in [0.2, 0.25) is 5.78 Å². The fourth-order valence-corrected chi connectivity index (χ4v) is 0.730. The van der Waals surface area contributed by atoms with Gasteiger partial charge in [-0.3, -0.25) is 4.79 Å². The van der Waals surface area contributed by atoms with Gasteiger partial charge in [-0.05, 0) is 0 Å². The van der Waals surface area contributed by atoms with E-state index in [0.717, 1.165) is 6.08 Å². The van der Waals surface area contributed by atoms with E-state index in [0.29, 0.717) is 0 Å². The smallest absolute Gasteiger partial charge is 0.252 e. The number of alkyl halides is 4. The highest BCUT2D eigenvalue weighted by atomic mass is 35.6. The Labute approximate surface area is 90.4 Å². The second-order valence-electron chi connectivity index (χ2n) is 1.81. The highest BCUT2D eigenvalue weighted by Crippen LogP contribution is 2.27. The van der Waals surface area contributed by atoms with Crippen LogP contribution in [0, 0.1) is 0 Å². The van der Waals surface area contributed by atoms with E-state index in [1.54, 1.807) is 0 Å².